The van der Waals surface area contributed by atoms with Crippen LogP contribution in [-0.4, -0.2) is 4.98 Å². The molecule has 0 amide bonds. The Morgan fingerprint density at radius 2 is 2.22 bits per heavy atom. The Kier molecular flexibility index (Phi) is 4.84. The van der Waals surface area contributed by atoms with Crippen LogP contribution in [0.2, 0.25) is 5.02 Å². The van der Waals surface area contributed by atoms with E-state index in [0.717, 1.165) is 10.7 Å². The van der Waals surface area contributed by atoms with E-state index in [-0.39, 0.29) is 11.6 Å². The summed E-state index contributed by atoms with van der Waals surface area (Å²) in [7, 11) is 0. The van der Waals surface area contributed by atoms with Gasteiger partial charge in [0, 0.05) is 11.4 Å². The van der Waals surface area contributed by atoms with Crippen molar-refractivity contribution in [3.8, 4) is 5.75 Å². The van der Waals surface area contributed by atoms with Gasteiger partial charge in [-0.1, -0.05) is 11.6 Å². The molecule has 18 heavy (non-hydrogen) atoms. The van der Waals surface area contributed by atoms with E-state index in [4.69, 9.17) is 27.9 Å². The zero-order valence-electron chi connectivity index (χ0n) is 8.92. The van der Waals surface area contributed by atoms with E-state index in [1.54, 1.807) is 0 Å². The summed E-state index contributed by atoms with van der Waals surface area (Å²) >= 11 is 16.0. The van der Waals surface area contributed by atoms with Gasteiger partial charge in [-0.05, 0) is 22.0 Å². The molecule has 2 rings (SSSR count). The van der Waals surface area contributed by atoms with Crippen LogP contribution in [0.15, 0.2) is 22.0 Å². The highest BCUT2D eigenvalue weighted by Gasteiger charge is 2.09. The van der Waals surface area contributed by atoms with E-state index < -0.39 is 5.82 Å². The van der Waals surface area contributed by atoms with Gasteiger partial charge in [-0.3, -0.25) is 0 Å². The molecule has 0 aliphatic heterocycles. The fourth-order valence-corrected chi connectivity index (χ4v) is 2.92. The molecule has 0 bridgehead atoms. The number of alkyl halides is 1. The van der Waals surface area contributed by atoms with Gasteiger partial charge in [-0.2, -0.15) is 0 Å². The van der Waals surface area contributed by atoms with Gasteiger partial charge in [0.1, 0.15) is 23.2 Å². The van der Waals surface area contributed by atoms with Crippen LogP contribution in [0.1, 0.15) is 10.7 Å². The lowest BCUT2D eigenvalue weighted by Crippen LogP contribution is -1.96. The van der Waals surface area contributed by atoms with Gasteiger partial charge in [0.2, 0.25) is 0 Å². The Bertz CT molecular complexity index is 564. The van der Waals surface area contributed by atoms with Gasteiger partial charge < -0.3 is 4.74 Å². The van der Waals surface area contributed by atoms with Crippen LogP contribution in [0.25, 0.3) is 0 Å². The lowest BCUT2D eigenvalue weighted by Gasteiger charge is -2.07. The van der Waals surface area contributed by atoms with Gasteiger partial charge in [0.25, 0.3) is 0 Å². The molecule has 0 saturated heterocycles. The van der Waals surface area contributed by atoms with Gasteiger partial charge >= 0.3 is 0 Å². The molecular formula is C11H7BrCl2FNOS. The van der Waals surface area contributed by atoms with Crippen molar-refractivity contribution in [3.63, 3.8) is 0 Å². The first kappa shape index (κ1) is 14.1. The number of rotatable bonds is 4. The standard InChI is InChI=1S/C11H7BrCl2FNOS/c12-7-1-8(14)9(15)2-10(7)17-4-11-16-6(3-13)5-18-11/h1-2,5H,3-4H2. The number of hydrogen-bond acceptors (Lipinski definition) is 3. The van der Waals surface area contributed by atoms with E-state index in [2.05, 4.69) is 20.9 Å². The Hall–Kier alpha value is -0.360. The Labute approximate surface area is 126 Å². The van der Waals surface area contributed by atoms with E-state index in [1.807, 2.05) is 5.38 Å². The van der Waals surface area contributed by atoms with Crippen LogP contribution in [0.3, 0.4) is 0 Å². The highest BCUT2D eigenvalue weighted by molar-refractivity contribution is 9.10. The van der Waals surface area contributed by atoms with Crippen molar-refractivity contribution in [1.82, 2.24) is 4.98 Å². The third-order valence-electron chi connectivity index (χ3n) is 2.06. The molecule has 2 aromatic rings. The van der Waals surface area contributed by atoms with Gasteiger partial charge in [0.15, 0.2) is 0 Å². The Morgan fingerprint density at radius 1 is 1.44 bits per heavy atom. The number of thiazole rings is 1. The molecule has 2 nitrogen and oxygen atoms in total. The fourth-order valence-electron chi connectivity index (χ4n) is 1.23. The largest absolute Gasteiger partial charge is 0.485 e. The van der Waals surface area contributed by atoms with Crippen molar-refractivity contribution in [2.75, 3.05) is 0 Å². The number of hydrogen-bond donors (Lipinski definition) is 0. The van der Waals surface area contributed by atoms with E-state index in [0.29, 0.717) is 16.1 Å². The maximum absolute atomic E-state index is 13.3. The molecule has 0 spiro atoms. The zero-order valence-corrected chi connectivity index (χ0v) is 12.8. The second kappa shape index (κ2) is 6.19. The van der Waals surface area contributed by atoms with E-state index in [9.17, 15) is 4.39 Å². The SMILES string of the molecule is Fc1cc(OCc2nc(CCl)cs2)c(Br)cc1Cl. The minimum atomic E-state index is -0.518. The molecule has 0 aliphatic carbocycles. The van der Waals surface area contributed by atoms with Crippen LogP contribution >= 0.6 is 50.5 Å². The minimum absolute atomic E-state index is 0.0490. The Balaban J connectivity index is 2.08. The minimum Gasteiger partial charge on any atom is -0.485 e. The smallest absolute Gasteiger partial charge is 0.145 e. The summed E-state index contributed by atoms with van der Waals surface area (Å²) in [6.45, 7) is 0.265. The third-order valence-corrected chi connectivity index (χ3v) is 4.12. The average molecular weight is 371 g/mol. The van der Waals surface area contributed by atoms with Crippen molar-refractivity contribution in [3.05, 3.63) is 43.5 Å². The number of ether oxygens (including phenoxy) is 1. The predicted octanol–water partition coefficient (Wildman–Crippen LogP) is 5.02. The van der Waals surface area contributed by atoms with Crippen molar-refractivity contribution < 1.29 is 9.13 Å². The molecule has 7 heteroatoms. The first-order valence-electron chi connectivity index (χ1n) is 4.86. The van der Waals surface area contributed by atoms with Crippen LogP contribution < -0.4 is 4.74 Å². The molecule has 1 aromatic heterocycles. The normalized spacial score (nSPS) is 10.7. The number of benzene rings is 1. The maximum Gasteiger partial charge on any atom is 0.145 e. The molecule has 0 N–H and O–H groups in total. The number of nitrogens with zero attached hydrogens (tertiary/aromatic N) is 1. The zero-order chi connectivity index (χ0) is 13.1. The van der Waals surface area contributed by atoms with Crippen LogP contribution in [0, 0.1) is 5.82 Å². The van der Waals surface area contributed by atoms with Crippen LogP contribution in [-0.2, 0) is 12.5 Å². The fraction of sp³-hybridized carbons (Fsp3) is 0.182. The van der Waals surface area contributed by atoms with Crippen molar-refractivity contribution in [2.45, 2.75) is 12.5 Å². The Morgan fingerprint density at radius 3 is 2.89 bits per heavy atom. The lowest BCUT2D eigenvalue weighted by atomic mass is 10.3. The molecule has 0 atom stereocenters. The van der Waals surface area contributed by atoms with E-state index in [1.165, 1.54) is 23.5 Å². The highest BCUT2D eigenvalue weighted by atomic mass is 79.9. The molecule has 0 fully saturated rings. The summed E-state index contributed by atoms with van der Waals surface area (Å²) in [5, 5.41) is 2.70. The number of halogens is 4. The molecular weight excluding hydrogens is 364 g/mol. The number of aromatic nitrogens is 1. The predicted molar refractivity (Wildman–Crippen MR) is 75.1 cm³/mol. The molecule has 96 valence electrons. The summed E-state index contributed by atoms with van der Waals surface area (Å²) in [5.74, 6) is 0.241. The van der Waals surface area contributed by atoms with Crippen LogP contribution in [0.5, 0.6) is 5.75 Å². The molecule has 0 saturated carbocycles. The lowest BCUT2D eigenvalue weighted by molar-refractivity contribution is 0.302. The second-order valence-corrected chi connectivity index (χ2v) is 5.82. The first-order valence-corrected chi connectivity index (χ1v) is 7.45. The van der Waals surface area contributed by atoms with Crippen molar-refractivity contribution in [1.29, 1.82) is 0 Å². The third kappa shape index (κ3) is 3.35. The molecule has 0 aliphatic rings. The quantitative estimate of drug-likeness (QED) is 0.557. The summed E-state index contributed by atoms with van der Waals surface area (Å²) in [6.07, 6.45) is 0. The maximum atomic E-state index is 13.3. The average Bonchev–Trinajstić information content (AvgIpc) is 2.80. The molecule has 0 unspecified atom stereocenters. The second-order valence-electron chi connectivity index (χ2n) is 3.35. The summed E-state index contributed by atoms with van der Waals surface area (Å²) < 4.78 is 19.4. The van der Waals surface area contributed by atoms with Crippen molar-refractivity contribution >= 4 is 50.5 Å². The molecule has 1 heterocycles. The van der Waals surface area contributed by atoms with Gasteiger partial charge in [-0.25, -0.2) is 9.37 Å². The first-order chi connectivity index (χ1) is 8.60. The monoisotopic (exact) mass is 369 g/mol. The summed E-state index contributed by atoms with van der Waals surface area (Å²) in [5.41, 5.74) is 0.807. The van der Waals surface area contributed by atoms with E-state index >= 15 is 0 Å². The molecule has 1 aromatic carbocycles. The van der Waals surface area contributed by atoms with Gasteiger partial charge in [-0.15, -0.1) is 22.9 Å². The van der Waals surface area contributed by atoms with Crippen molar-refractivity contribution in [2.24, 2.45) is 0 Å². The summed E-state index contributed by atoms with van der Waals surface area (Å²) in [4.78, 5) is 4.24. The van der Waals surface area contributed by atoms with Crippen LogP contribution in [0.4, 0.5) is 4.39 Å². The topological polar surface area (TPSA) is 22.1 Å². The molecule has 0 radical (unpaired) electrons. The highest BCUT2D eigenvalue weighted by Crippen LogP contribution is 2.31. The summed E-state index contributed by atoms with van der Waals surface area (Å²) in [6, 6.07) is 2.70. The van der Waals surface area contributed by atoms with Gasteiger partial charge in [0.05, 0.1) is 21.1 Å².